The third-order valence-corrected chi connectivity index (χ3v) is 3.68. The number of hydrogen-bond donors (Lipinski definition) is 4. The van der Waals surface area contributed by atoms with E-state index in [9.17, 15) is 14.4 Å². The molecular weight excluding hydrogens is 344 g/mol. The summed E-state index contributed by atoms with van der Waals surface area (Å²) in [6.45, 7) is 4.87. The van der Waals surface area contributed by atoms with E-state index in [1.807, 2.05) is 13.8 Å². The number of carbonyl (C=O) groups is 3. The van der Waals surface area contributed by atoms with Gasteiger partial charge in [0.15, 0.2) is 0 Å². The molecule has 7 nitrogen and oxygen atoms in total. The van der Waals surface area contributed by atoms with Crippen molar-refractivity contribution in [2.24, 2.45) is 0 Å². The third kappa shape index (κ3) is 6.14. The minimum absolute atomic E-state index is 0.0525. The highest BCUT2D eigenvalue weighted by Crippen LogP contribution is 2.12. The molecule has 0 aromatic heterocycles. The molecule has 0 radical (unpaired) electrons. The van der Waals surface area contributed by atoms with Crippen LogP contribution in [0.5, 0.6) is 0 Å². The van der Waals surface area contributed by atoms with Gasteiger partial charge in [-0.15, -0.1) is 0 Å². The second-order valence-electron chi connectivity index (χ2n) is 5.78. The number of anilines is 2. The van der Waals surface area contributed by atoms with Gasteiger partial charge < -0.3 is 21.3 Å². The van der Waals surface area contributed by atoms with Crippen LogP contribution in [0.25, 0.3) is 0 Å². The quantitative estimate of drug-likeness (QED) is 0.574. The fraction of sp³-hybridized carbons (Fsp3) is 0.250. The zero-order chi connectivity index (χ0) is 19.6. The van der Waals surface area contributed by atoms with Gasteiger partial charge in [0.2, 0.25) is 5.91 Å². The zero-order valence-electron chi connectivity index (χ0n) is 15.5. The number of amides is 3. The third-order valence-electron chi connectivity index (χ3n) is 3.68. The molecule has 0 aliphatic carbocycles. The monoisotopic (exact) mass is 368 g/mol. The van der Waals surface area contributed by atoms with Crippen molar-refractivity contribution in [2.45, 2.75) is 13.8 Å². The molecule has 0 saturated heterocycles. The van der Waals surface area contributed by atoms with E-state index in [0.717, 1.165) is 0 Å². The SMILES string of the molecule is CCNC(=O)c1ccc(NC(=O)CNc2cccc(C(=O)NCC)c2)cc1. The van der Waals surface area contributed by atoms with E-state index < -0.39 is 0 Å². The van der Waals surface area contributed by atoms with Crippen molar-refractivity contribution in [3.8, 4) is 0 Å². The summed E-state index contributed by atoms with van der Waals surface area (Å²) in [6.07, 6.45) is 0. The van der Waals surface area contributed by atoms with Gasteiger partial charge in [0.25, 0.3) is 11.8 Å². The highest BCUT2D eigenvalue weighted by molar-refractivity contribution is 5.97. The van der Waals surface area contributed by atoms with E-state index in [1.165, 1.54) is 0 Å². The Kier molecular flexibility index (Phi) is 7.37. The molecular formula is C20H24N4O3. The second kappa shape index (κ2) is 9.96. The summed E-state index contributed by atoms with van der Waals surface area (Å²) >= 11 is 0. The summed E-state index contributed by atoms with van der Waals surface area (Å²) in [5, 5.41) is 11.2. The van der Waals surface area contributed by atoms with Crippen LogP contribution in [-0.4, -0.2) is 37.4 Å². The van der Waals surface area contributed by atoms with Crippen LogP contribution in [-0.2, 0) is 4.79 Å². The van der Waals surface area contributed by atoms with Gasteiger partial charge in [0.05, 0.1) is 6.54 Å². The highest BCUT2D eigenvalue weighted by Gasteiger charge is 2.07. The molecule has 0 heterocycles. The molecule has 0 atom stereocenters. The van der Waals surface area contributed by atoms with Crippen molar-refractivity contribution in [1.29, 1.82) is 0 Å². The minimum atomic E-state index is -0.232. The molecule has 0 spiro atoms. The minimum Gasteiger partial charge on any atom is -0.376 e. The van der Waals surface area contributed by atoms with Crippen LogP contribution in [0.4, 0.5) is 11.4 Å². The average molecular weight is 368 g/mol. The second-order valence-corrected chi connectivity index (χ2v) is 5.78. The molecule has 7 heteroatoms. The summed E-state index contributed by atoms with van der Waals surface area (Å²) in [6, 6.07) is 13.6. The van der Waals surface area contributed by atoms with Crippen molar-refractivity contribution < 1.29 is 14.4 Å². The van der Waals surface area contributed by atoms with E-state index >= 15 is 0 Å². The molecule has 0 aliphatic heterocycles. The summed E-state index contributed by atoms with van der Waals surface area (Å²) in [5.74, 6) is -0.536. The van der Waals surface area contributed by atoms with Crippen LogP contribution in [0.15, 0.2) is 48.5 Å². The molecule has 3 amide bonds. The Morgan fingerprint density at radius 3 is 2.04 bits per heavy atom. The Morgan fingerprint density at radius 2 is 1.41 bits per heavy atom. The Morgan fingerprint density at radius 1 is 0.778 bits per heavy atom. The summed E-state index contributed by atoms with van der Waals surface area (Å²) < 4.78 is 0. The summed E-state index contributed by atoms with van der Waals surface area (Å²) in [4.78, 5) is 35.7. The maximum absolute atomic E-state index is 12.1. The summed E-state index contributed by atoms with van der Waals surface area (Å²) in [7, 11) is 0. The Bertz CT molecular complexity index is 803. The molecule has 2 aromatic rings. The lowest BCUT2D eigenvalue weighted by Crippen LogP contribution is -2.24. The molecule has 2 rings (SSSR count). The molecule has 142 valence electrons. The van der Waals surface area contributed by atoms with Gasteiger partial charge in [-0.05, 0) is 56.3 Å². The first-order valence-corrected chi connectivity index (χ1v) is 8.83. The predicted molar refractivity (Wildman–Crippen MR) is 106 cm³/mol. The topological polar surface area (TPSA) is 99.3 Å². The van der Waals surface area contributed by atoms with Crippen LogP contribution >= 0.6 is 0 Å². The van der Waals surface area contributed by atoms with Gasteiger partial charge in [-0.1, -0.05) is 6.07 Å². The largest absolute Gasteiger partial charge is 0.376 e. The van der Waals surface area contributed by atoms with Gasteiger partial charge in [0.1, 0.15) is 0 Å². The fourth-order valence-electron chi connectivity index (χ4n) is 2.39. The van der Waals surface area contributed by atoms with E-state index in [2.05, 4.69) is 21.3 Å². The summed E-state index contributed by atoms with van der Waals surface area (Å²) in [5.41, 5.74) is 2.35. The smallest absolute Gasteiger partial charge is 0.251 e. The number of rotatable bonds is 8. The maximum Gasteiger partial charge on any atom is 0.251 e. The molecule has 0 saturated carbocycles. The highest BCUT2D eigenvalue weighted by atomic mass is 16.2. The first-order valence-electron chi connectivity index (χ1n) is 8.83. The normalized spacial score (nSPS) is 10.0. The van der Waals surface area contributed by atoms with Crippen LogP contribution in [0.3, 0.4) is 0 Å². The van der Waals surface area contributed by atoms with Gasteiger partial charge in [0, 0.05) is 35.6 Å². The Labute approximate surface area is 158 Å². The van der Waals surface area contributed by atoms with Crippen LogP contribution in [0.1, 0.15) is 34.6 Å². The van der Waals surface area contributed by atoms with Crippen molar-refractivity contribution in [3.63, 3.8) is 0 Å². The standard InChI is InChI=1S/C20H24N4O3/c1-3-21-19(26)14-8-10-16(11-9-14)24-18(25)13-23-17-7-5-6-15(12-17)20(27)22-4-2/h5-12,23H,3-4,13H2,1-2H3,(H,21,26)(H,22,27)(H,24,25). The van der Waals surface area contributed by atoms with Crippen LogP contribution in [0, 0.1) is 0 Å². The zero-order valence-corrected chi connectivity index (χ0v) is 15.5. The predicted octanol–water partition coefficient (Wildman–Crippen LogP) is 2.24. The number of hydrogen-bond acceptors (Lipinski definition) is 4. The fourth-order valence-corrected chi connectivity index (χ4v) is 2.39. The van der Waals surface area contributed by atoms with Crippen molar-refractivity contribution in [1.82, 2.24) is 10.6 Å². The Balaban J connectivity index is 1.88. The molecule has 0 aliphatic rings. The lowest BCUT2D eigenvalue weighted by molar-refractivity contribution is -0.114. The Hall–Kier alpha value is -3.35. The lowest BCUT2D eigenvalue weighted by Gasteiger charge is -2.10. The molecule has 0 unspecified atom stereocenters. The van der Waals surface area contributed by atoms with Crippen molar-refractivity contribution in [3.05, 3.63) is 59.7 Å². The van der Waals surface area contributed by atoms with Crippen LogP contribution < -0.4 is 21.3 Å². The van der Waals surface area contributed by atoms with E-state index in [1.54, 1.807) is 48.5 Å². The van der Waals surface area contributed by atoms with Gasteiger partial charge >= 0.3 is 0 Å². The van der Waals surface area contributed by atoms with Crippen molar-refractivity contribution >= 4 is 29.1 Å². The maximum atomic E-state index is 12.1. The van der Waals surface area contributed by atoms with Gasteiger partial charge in [-0.2, -0.15) is 0 Å². The van der Waals surface area contributed by atoms with Crippen LogP contribution in [0.2, 0.25) is 0 Å². The van der Waals surface area contributed by atoms with E-state index in [4.69, 9.17) is 0 Å². The molecule has 2 aromatic carbocycles. The molecule has 4 N–H and O–H groups in total. The first kappa shape index (κ1) is 20.0. The lowest BCUT2D eigenvalue weighted by atomic mass is 10.2. The molecule has 0 bridgehead atoms. The first-order chi connectivity index (χ1) is 13.0. The van der Waals surface area contributed by atoms with Crippen molar-refractivity contribution in [2.75, 3.05) is 30.3 Å². The van der Waals surface area contributed by atoms with E-state index in [0.29, 0.717) is 35.6 Å². The van der Waals surface area contributed by atoms with Gasteiger partial charge in [-0.25, -0.2) is 0 Å². The number of benzene rings is 2. The molecule has 27 heavy (non-hydrogen) atoms. The molecule has 0 fully saturated rings. The van der Waals surface area contributed by atoms with Gasteiger partial charge in [-0.3, -0.25) is 14.4 Å². The van der Waals surface area contributed by atoms with E-state index in [-0.39, 0.29) is 24.3 Å². The number of nitrogens with one attached hydrogen (secondary N) is 4. The average Bonchev–Trinajstić information content (AvgIpc) is 2.67. The number of carbonyl (C=O) groups excluding carboxylic acids is 3.